The first kappa shape index (κ1) is 35.8. The molecule has 0 aliphatic carbocycles. The molecule has 1 aromatic carbocycles. The molecular weight excluding hydrogens is 528 g/mol. The Balaban J connectivity index is 0.000000721. The molecule has 15 heteroatoms. The Bertz CT molecular complexity index is 870. The molecule has 0 radical (unpaired) electrons. The summed E-state index contributed by atoms with van der Waals surface area (Å²) in [6.45, 7) is 6.17. The Hall–Kier alpha value is -2.21. The third kappa shape index (κ3) is 18.1. The zero-order valence-corrected chi connectivity index (χ0v) is 22.7. The first-order chi connectivity index (χ1) is 18.1. The van der Waals surface area contributed by atoms with Crippen LogP contribution in [-0.4, -0.2) is 131 Å². The average Bonchev–Trinajstić information content (AvgIpc) is 2.85. The number of amides is 1. The van der Waals surface area contributed by atoms with E-state index in [2.05, 4.69) is 10.2 Å². The average molecular weight is 569 g/mol. The third-order valence-corrected chi connectivity index (χ3v) is 5.36. The molecule has 0 aromatic heterocycles. The molecule has 0 aliphatic heterocycles. The summed E-state index contributed by atoms with van der Waals surface area (Å²) in [5.74, 6) is -0.718. The van der Waals surface area contributed by atoms with Crippen LogP contribution in [0.25, 0.3) is 0 Å². The topological polar surface area (TPSA) is 201 Å². The van der Waals surface area contributed by atoms with Crippen molar-refractivity contribution in [3.63, 3.8) is 0 Å². The molecule has 1 amide bonds. The van der Waals surface area contributed by atoms with Crippen LogP contribution < -0.4 is 10.1 Å². The number of nitrogens with zero attached hydrogens (tertiary/aromatic N) is 1. The van der Waals surface area contributed by atoms with Gasteiger partial charge in [-0.1, -0.05) is 0 Å². The number of benzene rings is 1. The lowest BCUT2D eigenvalue weighted by Crippen LogP contribution is -2.34. The lowest BCUT2D eigenvalue weighted by molar-refractivity contribution is -0.124. The molecular formula is C23H40N2O12S. The largest absolute Gasteiger partial charge is 0.495 e. The summed E-state index contributed by atoms with van der Waals surface area (Å²) in [5, 5.41) is 28.2. The van der Waals surface area contributed by atoms with Crippen LogP contribution in [0.4, 0.5) is 5.69 Å². The highest BCUT2D eigenvalue weighted by Gasteiger charge is 2.15. The first-order valence-electron chi connectivity index (χ1n) is 11.8. The molecule has 220 valence electrons. The van der Waals surface area contributed by atoms with Gasteiger partial charge in [-0.05, 0) is 25.1 Å². The number of methoxy groups -OCH3 is 1. The Kier molecular flexibility index (Phi) is 20.4. The summed E-state index contributed by atoms with van der Waals surface area (Å²) in [6, 6.07) is 3.47. The van der Waals surface area contributed by atoms with Gasteiger partial charge in [0.05, 0.1) is 83.6 Å². The van der Waals surface area contributed by atoms with E-state index in [-0.39, 0.29) is 48.4 Å². The Morgan fingerprint density at radius 1 is 0.868 bits per heavy atom. The number of carbonyl (C=O) groups excluding carboxylic acids is 2. The molecule has 38 heavy (non-hydrogen) atoms. The number of hydrogen-bond donors (Lipinski definition) is 5. The van der Waals surface area contributed by atoms with E-state index < -0.39 is 16.0 Å². The van der Waals surface area contributed by atoms with Crippen molar-refractivity contribution in [1.29, 1.82) is 0 Å². The van der Waals surface area contributed by atoms with E-state index in [1.54, 1.807) is 0 Å². The smallest absolute Gasteiger partial charge is 0.294 e. The molecule has 0 unspecified atom stereocenters. The van der Waals surface area contributed by atoms with Gasteiger partial charge in [0, 0.05) is 19.6 Å². The fraction of sp³-hybridized carbons (Fsp3) is 0.652. The molecule has 0 spiro atoms. The van der Waals surface area contributed by atoms with Crippen LogP contribution in [0.3, 0.4) is 0 Å². The molecule has 1 aromatic rings. The zero-order valence-electron chi connectivity index (χ0n) is 21.8. The molecule has 0 saturated heterocycles. The van der Waals surface area contributed by atoms with Crippen LogP contribution in [0.5, 0.6) is 5.75 Å². The van der Waals surface area contributed by atoms with Crippen LogP contribution in [0, 0.1) is 0 Å². The normalized spacial score (nSPS) is 11.1. The minimum atomic E-state index is -4.38. The highest BCUT2D eigenvalue weighted by Crippen LogP contribution is 2.27. The van der Waals surface area contributed by atoms with Gasteiger partial charge in [0.15, 0.2) is 0 Å². The van der Waals surface area contributed by atoms with Gasteiger partial charge in [-0.3, -0.25) is 19.0 Å². The van der Waals surface area contributed by atoms with Crippen molar-refractivity contribution in [3.8, 4) is 5.75 Å². The predicted molar refractivity (Wildman–Crippen MR) is 137 cm³/mol. The van der Waals surface area contributed by atoms with Crippen molar-refractivity contribution in [2.45, 2.75) is 18.2 Å². The van der Waals surface area contributed by atoms with E-state index in [0.29, 0.717) is 39.6 Å². The third-order valence-electron chi connectivity index (χ3n) is 4.51. The van der Waals surface area contributed by atoms with Crippen molar-refractivity contribution in [2.24, 2.45) is 0 Å². The second-order valence-corrected chi connectivity index (χ2v) is 9.04. The van der Waals surface area contributed by atoms with Crippen molar-refractivity contribution < 1.29 is 56.8 Å². The van der Waals surface area contributed by atoms with Crippen LogP contribution in [0.2, 0.25) is 0 Å². The van der Waals surface area contributed by atoms with E-state index in [4.69, 9.17) is 38.8 Å². The van der Waals surface area contributed by atoms with Crippen LogP contribution in [0.15, 0.2) is 23.1 Å². The van der Waals surface area contributed by atoms with Crippen molar-refractivity contribution >= 4 is 27.5 Å². The quantitative estimate of drug-likeness (QED) is 0.0742. The Morgan fingerprint density at radius 3 is 1.71 bits per heavy atom. The van der Waals surface area contributed by atoms with Gasteiger partial charge in [-0.25, -0.2) is 0 Å². The van der Waals surface area contributed by atoms with Gasteiger partial charge in [-0.2, -0.15) is 8.42 Å². The van der Waals surface area contributed by atoms with Crippen molar-refractivity contribution in [1.82, 2.24) is 4.90 Å². The van der Waals surface area contributed by atoms with E-state index in [0.717, 1.165) is 31.8 Å². The Morgan fingerprint density at radius 2 is 1.34 bits per heavy atom. The number of aliphatic hydroxyl groups is 3. The van der Waals surface area contributed by atoms with Gasteiger partial charge in [-0.15, -0.1) is 0 Å². The van der Waals surface area contributed by atoms with E-state index in [9.17, 15) is 18.0 Å². The van der Waals surface area contributed by atoms with Crippen LogP contribution >= 0.6 is 0 Å². The minimum Gasteiger partial charge on any atom is -0.495 e. The highest BCUT2D eigenvalue weighted by atomic mass is 32.2. The molecule has 0 fully saturated rings. The predicted octanol–water partition coefficient (Wildman–Crippen LogP) is -0.825. The molecule has 1 rings (SSSR count). The number of rotatable bonds is 20. The zero-order chi connectivity index (χ0) is 28.8. The summed E-state index contributed by atoms with van der Waals surface area (Å²) in [6.07, 6.45) is -0.334. The van der Waals surface area contributed by atoms with E-state index >= 15 is 0 Å². The number of ether oxygens (including phenoxy) is 4. The van der Waals surface area contributed by atoms with E-state index in [1.807, 2.05) is 0 Å². The van der Waals surface area contributed by atoms with Gasteiger partial charge < -0.3 is 39.6 Å². The van der Waals surface area contributed by atoms with Gasteiger partial charge >= 0.3 is 0 Å². The number of nitrogens with one attached hydrogen (secondary N) is 1. The Labute approximate surface area is 223 Å². The monoisotopic (exact) mass is 568 g/mol. The number of aliphatic hydroxyl groups excluding tert-OH is 3. The van der Waals surface area contributed by atoms with Crippen molar-refractivity contribution in [2.75, 3.05) is 91.5 Å². The van der Waals surface area contributed by atoms with Gasteiger partial charge in [0.2, 0.25) is 5.91 Å². The summed E-state index contributed by atoms with van der Waals surface area (Å²) in [7, 11) is -3.05. The maximum atomic E-state index is 11.5. The number of anilines is 1. The standard InChI is InChI=1S/C12H27NO6.C11H13NO6S/c14-4-10-17-7-1-13(2-8-18-11-5-15)3-9-19-12-6-16;1-7(13)5-11(14)12-9-6-8(19(15,16)17)3-4-10(9)18-2/h14-16H,1-12H2;3-4,6H,5H2,1-2H3,(H,12,14)(H,15,16,17). The lowest BCUT2D eigenvalue weighted by atomic mass is 10.2. The maximum Gasteiger partial charge on any atom is 0.294 e. The second-order valence-electron chi connectivity index (χ2n) is 7.61. The fourth-order valence-corrected chi connectivity index (χ4v) is 3.29. The molecule has 0 heterocycles. The first-order valence-corrected chi connectivity index (χ1v) is 13.3. The minimum absolute atomic E-state index is 0.0270. The second kappa shape index (κ2) is 21.7. The molecule has 5 N–H and O–H groups in total. The molecule has 0 aliphatic rings. The molecule has 0 bridgehead atoms. The van der Waals surface area contributed by atoms with Crippen LogP contribution in [0.1, 0.15) is 13.3 Å². The summed E-state index contributed by atoms with van der Waals surface area (Å²) >= 11 is 0. The van der Waals surface area contributed by atoms with Crippen LogP contribution in [-0.2, 0) is 33.9 Å². The number of hydrogen-bond acceptors (Lipinski definition) is 12. The number of carbonyl (C=O) groups is 2. The molecule has 0 saturated carbocycles. The van der Waals surface area contributed by atoms with E-state index in [1.165, 1.54) is 20.1 Å². The maximum absolute atomic E-state index is 11.5. The van der Waals surface area contributed by atoms with Gasteiger partial charge in [0.25, 0.3) is 10.1 Å². The molecule has 14 nitrogen and oxygen atoms in total. The summed E-state index contributed by atoms with van der Waals surface area (Å²) in [5.41, 5.74) is 0.0591. The van der Waals surface area contributed by atoms with Crippen molar-refractivity contribution in [3.05, 3.63) is 18.2 Å². The number of ketones is 1. The number of Topliss-reactive ketones (excluding diaryl/α,β-unsaturated/α-hetero) is 1. The summed E-state index contributed by atoms with van der Waals surface area (Å²) in [4.78, 5) is 24.0. The van der Waals surface area contributed by atoms with Gasteiger partial charge in [0.1, 0.15) is 11.5 Å². The lowest BCUT2D eigenvalue weighted by Gasteiger charge is -2.22. The fourth-order valence-electron chi connectivity index (χ4n) is 2.78. The molecule has 0 atom stereocenters. The SMILES string of the molecule is COc1ccc(S(=O)(=O)O)cc1NC(=O)CC(C)=O.OCCOCCN(CCOCCO)CCOCCO. The summed E-state index contributed by atoms with van der Waals surface area (Å²) < 4.78 is 51.5. The highest BCUT2D eigenvalue weighted by molar-refractivity contribution is 7.85.